The molecule has 0 bridgehead atoms. The van der Waals surface area contributed by atoms with Crippen LogP contribution < -0.4 is 25.3 Å². The fraction of sp³-hybridized carbons (Fsp3) is 0.314. The van der Waals surface area contributed by atoms with Crippen LogP contribution in [-0.4, -0.2) is 42.3 Å². The van der Waals surface area contributed by atoms with Gasteiger partial charge >= 0.3 is 0 Å². The van der Waals surface area contributed by atoms with Gasteiger partial charge in [-0.1, -0.05) is 48.9 Å². The molecule has 4 N–H and O–H groups in total. The van der Waals surface area contributed by atoms with Crippen LogP contribution in [0.5, 0.6) is 17.2 Å². The molecule has 1 aromatic heterocycles. The van der Waals surface area contributed by atoms with Gasteiger partial charge in [0.25, 0.3) is 0 Å². The number of nitrogens with one attached hydrogen (secondary N) is 1. The number of nitrogens with two attached hydrogens (primary N) is 1. The van der Waals surface area contributed by atoms with Crippen molar-refractivity contribution in [2.45, 2.75) is 46.8 Å². The molecule has 44 heavy (non-hydrogen) atoms. The number of aliphatic hydroxyl groups excluding tert-OH is 1. The third-order valence-electron chi connectivity index (χ3n) is 7.42. The van der Waals surface area contributed by atoms with E-state index in [1.165, 1.54) is 6.20 Å². The monoisotopic (exact) mass is 617 g/mol. The second-order valence-corrected chi connectivity index (χ2v) is 10.9. The normalized spacial score (nSPS) is 10.9. The Labute approximate surface area is 264 Å². The lowest BCUT2D eigenvalue weighted by molar-refractivity contribution is 0.0999. The summed E-state index contributed by atoms with van der Waals surface area (Å²) in [4.78, 5) is 15.6. The van der Waals surface area contributed by atoms with E-state index in [4.69, 9.17) is 36.7 Å². The molecule has 0 aliphatic carbocycles. The molecule has 0 saturated heterocycles. The summed E-state index contributed by atoms with van der Waals surface area (Å²) in [7, 11) is 0. The van der Waals surface area contributed by atoms with E-state index in [0.717, 1.165) is 64.1 Å². The molecule has 4 aromatic rings. The summed E-state index contributed by atoms with van der Waals surface area (Å²) < 4.78 is 18.5. The van der Waals surface area contributed by atoms with Gasteiger partial charge in [-0.25, -0.2) is 0 Å². The maximum absolute atomic E-state index is 11.5. The molecule has 0 atom stereocenters. The summed E-state index contributed by atoms with van der Waals surface area (Å²) in [5.41, 5.74) is 12.8. The highest BCUT2D eigenvalue weighted by Gasteiger charge is 2.15. The van der Waals surface area contributed by atoms with Gasteiger partial charge in [0.2, 0.25) is 5.91 Å². The van der Waals surface area contributed by atoms with Crippen LogP contribution in [-0.2, 0) is 19.6 Å². The Morgan fingerprint density at radius 3 is 2.39 bits per heavy atom. The number of pyridine rings is 1. The summed E-state index contributed by atoms with van der Waals surface area (Å²) >= 11 is 6.63. The van der Waals surface area contributed by atoms with E-state index in [0.29, 0.717) is 41.8 Å². The van der Waals surface area contributed by atoms with Gasteiger partial charge in [0.1, 0.15) is 30.5 Å². The number of aryl methyl sites for hydroxylation is 1. The maximum atomic E-state index is 11.5. The van der Waals surface area contributed by atoms with Crippen molar-refractivity contribution in [3.8, 4) is 28.4 Å². The molecular weight excluding hydrogens is 578 g/mol. The number of carbonyl (C=O) groups is 1. The van der Waals surface area contributed by atoms with Crippen LogP contribution in [0, 0.1) is 13.8 Å². The van der Waals surface area contributed by atoms with Crippen LogP contribution in [0.3, 0.4) is 0 Å². The van der Waals surface area contributed by atoms with Crippen molar-refractivity contribution in [3.05, 3.63) is 105 Å². The fourth-order valence-corrected chi connectivity index (χ4v) is 5.13. The van der Waals surface area contributed by atoms with Crippen LogP contribution >= 0.6 is 11.6 Å². The molecule has 0 radical (unpaired) electrons. The number of halogens is 1. The first-order chi connectivity index (χ1) is 21.3. The summed E-state index contributed by atoms with van der Waals surface area (Å²) in [5.74, 6) is 1.50. The largest absolute Gasteiger partial charge is 0.493 e. The quantitative estimate of drug-likeness (QED) is 0.128. The van der Waals surface area contributed by atoms with Crippen molar-refractivity contribution in [2.75, 3.05) is 26.3 Å². The number of hydrogen-bond donors (Lipinski definition) is 3. The highest BCUT2D eigenvalue weighted by Crippen LogP contribution is 2.36. The summed E-state index contributed by atoms with van der Waals surface area (Å²) in [6.45, 7) is 8.85. The van der Waals surface area contributed by atoms with Gasteiger partial charge in [-0.05, 0) is 84.8 Å². The average molecular weight is 618 g/mol. The molecule has 0 fully saturated rings. The number of primary amides is 1. The Bertz CT molecular complexity index is 1580. The van der Waals surface area contributed by atoms with Crippen molar-refractivity contribution in [2.24, 2.45) is 5.73 Å². The molecule has 0 unspecified atom stereocenters. The SMILES string of the molecule is CCc1cc(Cl)c(OCc2cccc(-c3cccc(OCCCNCCO)c3C)c2C)cc1OCc1cncc(C(N)=O)c1. The van der Waals surface area contributed by atoms with Crippen LogP contribution in [0.4, 0.5) is 0 Å². The molecular formula is C35H40ClN3O5. The molecule has 0 spiro atoms. The number of benzene rings is 3. The Kier molecular flexibility index (Phi) is 12.0. The Hall–Kier alpha value is -4.11. The molecule has 0 aliphatic heterocycles. The van der Waals surface area contributed by atoms with Crippen LogP contribution in [0.2, 0.25) is 5.02 Å². The number of nitrogens with zero attached hydrogens (tertiary/aromatic N) is 1. The fourth-order valence-electron chi connectivity index (χ4n) is 4.89. The zero-order valence-corrected chi connectivity index (χ0v) is 26.2. The minimum atomic E-state index is -0.537. The third kappa shape index (κ3) is 8.50. The van der Waals surface area contributed by atoms with Crippen LogP contribution in [0.1, 0.15) is 51.5 Å². The van der Waals surface area contributed by atoms with E-state index >= 15 is 0 Å². The lowest BCUT2D eigenvalue weighted by Gasteiger charge is -2.18. The second kappa shape index (κ2) is 16.1. The van der Waals surface area contributed by atoms with Crippen molar-refractivity contribution in [1.29, 1.82) is 0 Å². The van der Waals surface area contributed by atoms with Crippen LogP contribution in [0.15, 0.2) is 67.0 Å². The topological polar surface area (TPSA) is 116 Å². The van der Waals surface area contributed by atoms with Crippen molar-refractivity contribution < 1.29 is 24.1 Å². The van der Waals surface area contributed by atoms with Crippen molar-refractivity contribution in [3.63, 3.8) is 0 Å². The van der Waals surface area contributed by atoms with E-state index in [2.05, 4.69) is 42.3 Å². The first-order valence-corrected chi connectivity index (χ1v) is 15.1. The number of amides is 1. The molecule has 1 heterocycles. The van der Waals surface area contributed by atoms with Gasteiger partial charge in [0.15, 0.2) is 0 Å². The molecule has 1 amide bonds. The molecule has 232 valence electrons. The molecule has 4 rings (SSSR count). The Morgan fingerprint density at radius 2 is 1.64 bits per heavy atom. The molecule has 0 saturated carbocycles. The van der Waals surface area contributed by atoms with E-state index in [9.17, 15) is 4.79 Å². The lowest BCUT2D eigenvalue weighted by atomic mass is 9.93. The smallest absolute Gasteiger partial charge is 0.250 e. The summed E-state index contributed by atoms with van der Waals surface area (Å²) in [5, 5.41) is 12.6. The number of aromatic nitrogens is 1. The minimum Gasteiger partial charge on any atom is -0.493 e. The summed E-state index contributed by atoms with van der Waals surface area (Å²) in [6.07, 6.45) is 4.65. The predicted molar refractivity (Wildman–Crippen MR) is 174 cm³/mol. The summed E-state index contributed by atoms with van der Waals surface area (Å²) in [6, 6.07) is 17.7. The van der Waals surface area contributed by atoms with Gasteiger partial charge in [-0.3, -0.25) is 9.78 Å². The Morgan fingerprint density at radius 1 is 0.886 bits per heavy atom. The maximum Gasteiger partial charge on any atom is 0.250 e. The molecule has 9 heteroatoms. The molecule has 3 aromatic carbocycles. The predicted octanol–water partition coefficient (Wildman–Crippen LogP) is 6.19. The highest BCUT2D eigenvalue weighted by atomic mass is 35.5. The first-order valence-electron chi connectivity index (χ1n) is 14.8. The number of hydrogen-bond acceptors (Lipinski definition) is 7. The van der Waals surface area contributed by atoms with Gasteiger partial charge in [-0.15, -0.1) is 0 Å². The number of carbonyl (C=O) groups excluding carboxylic acids is 1. The Balaban J connectivity index is 1.47. The molecule has 8 nitrogen and oxygen atoms in total. The van der Waals surface area contributed by atoms with Gasteiger partial charge in [-0.2, -0.15) is 0 Å². The van der Waals surface area contributed by atoms with E-state index in [-0.39, 0.29) is 13.2 Å². The van der Waals surface area contributed by atoms with E-state index < -0.39 is 5.91 Å². The minimum absolute atomic E-state index is 0.132. The van der Waals surface area contributed by atoms with E-state index in [1.807, 2.05) is 37.3 Å². The van der Waals surface area contributed by atoms with Crippen LogP contribution in [0.25, 0.3) is 11.1 Å². The van der Waals surface area contributed by atoms with Crippen molar-refractivity contribution in [1.82, 2.24) is 10.3 Å². The highest BCUT2D eigenvalue weighted by molar-refractivity contribution is 6.32. The number of ether oxygens (including phenoxy) is 3. The van der Waals surface area contributed by atoms with E-state index in [1.54, 1.807) is 12.3 Å². The average Bonchev–Trinajstić information content (AvgIpc) is 3.03. The van der Waals surface area contributed by atoms with Gasteiger partial charge < -0.3 is 30.4 Å². The second-order valence-electron chi connectivity index (χ2n) is 10.5. The number of aliphatic hydroxyl groups is 1. The lowest BCUT2D eigenvalue weighted by Crippen LogP contribution is -2.20. The first kappa shape index (κ1) is 32.8. The standard InChI is InChI=1S/C35H40ClN3O5/c1-4-26-17-31(36)34(18-33(26)43-21-25-16-28(35(37)41)20-39-19-25)44-22-27-8-5-9-29(23(27)2)30-10-6-11-32(24(30)3)42-15-7-12-38-13-14-40/h5-6,8-11,16-20,38,40H,4,7,12-15,21-22H2,1-3H3,(H2,37,41). The zero-order chi connectivity index (χ0) is 31.5. The van der Waals surface area contributed by atoms with Gasteiger partial charge in [0.05, 0.1) is 23.8 Å². The zero-order valence-electron chi connectivity index (χ0n) is 25.5. The van der Waals surface area contributed by atoms with Crippen molar-refractivity contribution >= 4 is 17.5 Å². The van der Waals surface area contributed by atoms with Gasteiger partial charge in [0, 0.05) is 30.6 Å². The number of rotatable bonds is 16. The third-order valence-corrected chi connectivity index (χ3v) is 7.71. The molecule has 0 aliphatic rings.